The van der Waals surface area contributed by atoms with E-state index in [9.17, 15) is 0 Å². The molecule has 1 unspecified atom stereocenters. The van der Waals surface area contributed by atoms with Crippen LogP contribution in [0.2, 0.25) is 0 Å². The average Bonchev–Trinajstić information content (AvgIpc) is 2.92. The summed E-state index contributed by atoms with van der Waals surface area (Å²) in [5, 5.41) is 6.48. The van der Waals surface area contributed by atoms with Crippen LogP contribution in [0.1, 0.15) is 32.6 Å². The first kappa shape index (κ1) is 12.9. The lowest BCUT2D eigenvalue weighted by Crippen LogP contribution is -2.24. The molecule has 0 aliphatic heterocycles. The Morgan fingerprint density at radius 1 is 1.28 bits per heavy atom. The summed E-state index contributed by atoms with van der Waals surface area (Å²) in [4.78, 5) is 8.43. The maximum atomic E-state index is 5.38. The summed E-state index contributed by atoms with van der Waals surface area (Å²) in [6.07, 6.45) is 6.86. The zero-order valence-electron chi connectivity index (χ0n) is 11.4. The third-order valence-corrected chi connectivity index (χ3v) is 3.72. The Hall–Kier alpha value is -1.52. The van der Waals surface area contributed by atoms with Crippen molar-refractivity contribution in [3.8, 4) is 5.75 Å². The summed E-state index contributed by atoms with van der Waals surface area (Å²) in [6.45, 7) is 2.22. The summed E-state index contributed by atoms with van der Waals surface area (Å²) in [5.74, 6) is 2.91. The lowest BCUT2D eigenvalue weighted by Gasteiger charge is -2.22. The molecule has 2 rings (SSSR count). The minimum Gasteiger partial charge on any atom is -0.490 e. The van der Waals surface area contributed by atoms with Crippen molar-refractivity contribution < 1.29 is 4.74 Å². The van der Waals surface area contributed by atoms with Crippen LogP contribution in [0.5, 0.6) is 5.75 Å². The smallest absolute Gasteiger partial charge is 0.204 e. The Morgan fingerprint density at radius 3 is 2.56 bits per heavy atom. The Labute approximate surface area is 108 Å². The van der Waals surface area contributed by atoms with E-state index in [1.54, 1.807) is 13.4 Å². The molecule has 0 saturated heterocycles. The highest BCUT2D eigenvalue weighted by Crippen LogP contribution is 2.33. The van der Waals surface area contributed by atoms with Crippen molar-refractivity contribution in [1.82, 2.24) is 9.97 Å². The normalized spacial score (nSPS) is 17.5. The molecule has 5 nitrogen and oxygen atoms in total. The van der Waals surface area contributed by atoms with Gasteiger partial charge in [-0.05, 0) is 25.7 Å². The van der Waals surface area contributed by atoms with E-state index in [1.807, 2.05) is 7.05 Å². The summed E-state index contributed by atoms with van der Waals surface area (Å²) < 4.78 is 5.38. The number of ether oxygens (including phenoxy) is 1. The van der Waals surface area contributed by atoms with Gasteiger partial charge in [0.2, 0.25) is 5.75 Å². The van der Waals surface area contributed by atoms with Gasteiger partial charge in [0.25, 0.3) is 0 Å². The predicted octanol–water partition coefficient (Wildman–Crippen LogP) is 2.52. The number of anilines is 2. The monoisotopic (exact) mass is 250 g/mol. The molecule has 0 spiro atoms. The molecular formula is C13H22N4O. The zero-order chi connectivity index (χ0) is 13.0. The van der Waals surface area contributed by atoms with Gasteiger partial charge in [0.05, 0.1) is 7.11 Å². The van der Waals surface area contributed by atoms with Crippen LogP contribution >= 0.6 is 0 Å². The molecule has 1 atom stereocenters. The average molecular weight is 250 g/mol. The fourth-order valence-corrected chi connectivity index (χ4v) is 2.64. The van der Waals surface area contributed by atoms with Gasteiger partial charge in [-0.15, -0.1) is 0 Å². The van der Waals surface area contributed by atoms with E-state index in [1.165, 1.54) is 25.7 Å². The predicted molar refractivity (Wildman–Crippen MR) is 73.2 cm³/mol. The third kappa shape index (κ3) is 2.66. The van der Waals surface area contributed by atoms with Crippen LogP contribution in [0, 0.1) is 5.92 Å². The lowest BCUT2D eigenvalue weighted by molar-refractivity contribution is 0.411. The fourth-order valence-electron chi connectivity index (χ4n) is 2.64. The van der Waals surface area contributed by atoms with E-state index in [0.717, 1.165) is 11.7 Å². The number of nitrogens with zero attached hydrogens (tertiary/aromatic N) is 2. The standard InChI is InChI=1S/C13H22N4O/c1-9(10-6-4-5-7-10)17-13-11(18-3)12(14-2)15-8-16-13/h8-10H,4-7H2,1-3H3,(H2,14,15,16,17). The van der Waals surface area contributed by atoms with Crippen LogP contribution in [0.15, 0.2) is 6.33 Å². The van der Waals surface area contributed by atoms with Crippen LogP contribution in [0.3, 0.4) is 0 Å². The molecule has 0 amide bonds. The highest BCUT2D eigenvalue weighted by Gasteiger charge is 2.23. The van der Waals surface area contributed by atoms with E-state index in [-0.39, 0.29) is 0 Å². The van der Waals surface area contributed by atoms with Gasteiger partial charge >= 0.3 is 0 Å². The Kier molecular flexibility index (Phi) is 4.23. The molecule has 18 heavy (non-hydrogen) atoms. The summed E-state index contributed by atoms with van der Waals surface area (Å²) in [7, 11) is 3.47. The third-order valence-electron chi connectivity index (χ3n) is 3.72. The molecule has 1 aromatic heterocycles. The molecule has 100 valence electrons. The quantitative estimate of drug-likeness (QED) is 0.841. The maximum Gasteiger partial charge on any atom is 0.204 e. The largest absolute Gasteiger partial charge is 0.490 e. The minimum absolute atomic E-state index is 0.418. The van der Waals surface area contributed by atoms with Gasteiger partial charge < -0.3 is 15.4 Å². The van der Waals surface area contributed by atoms with Gasteiger partial charge in [0.15, 0.2) is 11.6 Å². The molecule has 2 N–H and O–H groups in total. The second-order valence-electron chi connectivity index (χ2n) is 4.83. The number of methoxy groups -OCH3 is 1. The fraction of sp³-hybridized carbons (Fsp3) is 0.692. The van der Waals surface area contributed by atoms with E-state index in [2.05, 4.69) is 27.5 Å². The number of aromatic nitrogens is 2. The molecule has 1 aliphatic carbocycles. The van der Waals surface area contributed by atoms with E-state index in [4.69, 9.17) is 4.74 Å². The highest BCUT2D eigenvalue weighted by atomic mass is 16.5. The Balaban J connectivity index is 2.12. The first-order valence-electron chi connectivity index (χ1n) is 6.59. The van der Waals surface area contributed by atoms with Crippen LogP contribution < -0.4 is 15.4 Å². The summed E-state index contributed by atoms with van der Waals surface area (Å²) >= 11 is 0. The van der Waals surface area contributed by atoms with Crippen molar-refractivity contribution in [3.05, 3.63) is 6.33 Å². The number of hydrogen-bond donors (Lipinski definition) is 2. The van der Waals surface area contributed by atoms with Crippen LogP contribution in [0.4, 0.5) is 11.6 Å². The first-order chi connectivity index (χ1) is 8.76. The zero-order valence-corrected chi connectivity index (χ0v) is 11.4. The van der Waals surface area contributed by atoms with Gasteiger partial charge in [-0.2, -0.15) is 0 Å². The number of hydrogen-bond acceptors (Lipinski definition) is 5. The van der Waals surface area contributed by atoms with Gasteiger partial charge in [-0.25, -0.2) is 9.97 Å². The van der Waals surface area contributed by atoms with Crippen LogP contribution in [-0.2, 0) is 0 Å². The Morgan fingerprint density at radius 2 is 1.94 bits per heavy atom. The van der Waals surface area contributed by atoms with Crippen LogP contribution in [-0.4, -0.2) is 30.2 Å². The van der Waals surface area contributed by atoms with E-state index >= 15 is 0 Å². The number of rotatable bonds is 5. The molecule has 1 saturated carbocycles. The van der Waals surface area contributed by atoms with Crippen molar-refractivity contribution in [3.63, 3.8) is 0 Å². The SMILES string of the molecule is CNc1ncnc(NC(C)C2CCCC2)c1OC. The molecule has 0 aromatic carbocycles. The van der Waals surface area contributed by atoms with Crippen molar-refractivity contribution in [1.29, 1.82) is 0 Å². The Bertz CT molecular complexity index is 391. The first-order valence-corrected chi connectivity index (χ1v) is 6.59. The van der Waals surface area contributed by atoms with E-state index in [0.29, 0.717) is 17.6 Å². The highest BCUT2D eigenvalue weighted by molar-refractivity contribution is 5.63. The molecule has 1 fully saturated rings. The summed E-state index contributed by atoms with van der Waals surface area (Å²) in [5.41, 5.74) is 0. The maximum absolute atomic E-state index is 5.38. The van der Waals surface area contributed by atoms with Crippen molar-refractivity contribution in [2.24, 2.45) is 5.92 Å². The van der Waals surface area contributed by atoms with Gasteiger partial charge in [0, 0.05) is 13.1 Å². The number of nitrogens with one attached hydrogen (secondary N) is 2. The molecule has 5 heteroatoms. The molecule has 1 aliphatic rings. The minimum atomic E-state index is 0.418. The summed E-state index contributed by atoms with van der Waals surface area (Å²) in [6, 6.07) is 0.418. The van der Waals surface area contributed by atoms with Crippen LogP contribution in [0.25, 0.3) is 0 Å². The molecular weight excluding hydrogens is 228 g/mol. The van der Waals surface area contributed by atoms with Crippen molar-refractivity contribution in [2.75, 3.05) is 24.8 Å². The molecule has 0 radical (unpaired) electrons. The second-order valence-corrected chi connectivity index (χ2v) is 4.83. The van der Waals surface area contributed by atoms with Crippen molar-refractivity contribution in [2.45, 2.75) is 38.6 Å². The van der Waals surface area contributed by atoms with Gasteiger partial charge in [0.1, 0.15) is 6.33 Å². The topological polar surface area (TPSA) is 59.1 Å². The van der Waals surface area contributed by atoms with Gasteiger partial charge in [-0.3, -0.25) is 0 Å². The van der Waals surface area contributed by atoms with Gasteiger partial charge in [-0.1, -0.05) is 12.8 Å². The lowest BCUT2D eigenvalue weighted by atomic mass is 10.00. The molecule has 0 bridgehead atoms. The van der Waals surface area contributed by atoms with Crippen molar-refractivity contribution >= 4 is 11.6 Å². The van der Waals surface area contributed by atoms with E-state index < -0.39 is 0 Å². The molecule has 1 heterocycles. The second kappa shape index (κ2) is 5.89. The molecule has 1 aromatic rings.